The van der Waals surface area contributed by atoms with E-state index in [-0.39, 0.29) is 5.41 Å². The first-order valence-corrected chi connectivity index (χ1v) is 6.08. The van der Waals surface area contributed by atoms with Crippen molar-refractivity contribution in [3.63, 3.8) is 0 Å². The lowest BCUT2D eigenvalue weighted by Crippen LogP contribution is -2.13. The van der Waals surface area contributed by atoms with Crippen molar-refractivity contribution in [1.29, 1.82) is 0 Å². The summed E-state index contributed by atoms with van der Waals surface area (Å²) in [6.45, 7) is 6.91. The molecule has 0 aliphatic heterocycles. The molecule has 0 saturated heterocycles. The van der Waals surface area contributed by atoms with E-state index in [4.69, 9.17) is 0 Å². The summed E-state index contributed by atoms with van der Waals surface area (Å²) in [6, 6.07) is 11.9. The minimum absolute atomic E-state index is 0.0420. The van der Waals surface area contributed by atoms with Gasteiger partial charge in [-0.15, -0.1) is 0 Å². The fourth-order valence-corrected chi connectivity index (χ4v) is 1.78. The lowest BCUT2D eigenvalue weighted by atomic mass is 9.92. The van der Waals surface area contributed by atoms with Crippen LogP contribution in [0.4, 0.5) is 0 Å². The zero-order valence-corrected chi connectivity index (χ0v) is 11.1. The molecule has 94 valence electrons. The maximum absolute atomic E-state index is 11.1. The first-order chi connectivity index (χ1) is 8.50. The molecule has 1 aromatic carbocycles. The molecule has 0 aliphatic carbocycles. The lowest BCUT2D eigenvalue weighted by Gasteiger charge is -2.14. The number of aldehydes is 1. The highest BCUT2D eigenvalue weighted by Crippen LogP contribution is 2.21. The third-order valence-corrected chi connectivity index (χ3v) is 2.88. The fraction of sp³-hybridized carbons (Fsp3) is 0.333. The quantitative estimate of drug-likeness (QED) is 0.775. The fourth-order valence-electron chi connectivity index (χ4n) is 1.78. The number of hydrogen-bond acceptors (Lipinski definition) is 2. The van der Waals surface area contributed by atoms with E-state index in [0.717, 1.165) is 17.5 Å². The largest absolute Gasteiger partial charge is 0.296 e. The number of carbonyl (C=O) groups is 1. The molecular weight excluding hydrogens is 224 g/mol. The van der Waals surface area contributed by atoms with Gasteiger partial charge in [0.25, 0.3) is 0 Å². The Morgan fingerprint density at radius 2 is 1.89 bits per heavy atom. The normalized spacial score (nSPS) is 11.5. The maximum atomic E-state index is 11.1. The average molecular weight is 242 g/mol. The summed E-state index contributed by atoms with van der Waals surface area (Å²) in [6.07, 6.45) is 0.866. The van der Waals surface area contributed by atoms with Gasteiger partial charge in [0.1, 0.15) is 5.69 Å². The van der Waals surface area contributed by atoms with Crippen LogP contribution in [0.1, 0.15) is 42.5 Å². The highest BCUT2D eigenvalue weighted by atomic mass is 16.1. The van der Waals surface area contributed by atoms with Crippen LogP contribution in [0.25, 0.3) is 0 Å². The second-order valence-corrected chi connectivity index (χ2v) is 5.47. The van der Waals surface area contributed by atoms with Gasteiger partial charge in [-0.1, -0.05) is 51.1 Å². The Hall–Kier alpha value is -1.90. The first kappa shape index (κ1) is 12.6. The van der Waals surface area contributed by atoms with Gasteiger partial charge in [-0.2, -0.15) is 5.10 Å². The van der Waals surface area contributed by atoms with Gasteiger partial charge in [0.15, 0.2) is 6.29 Å². The van der Waals surface area contributed by atoms with E-state index in [1.807, 2.05) is 36.4 Å². The topological polar surface area (TPSA) is 34.9 Å². The molecule has 3 nitrogen and oxygen atoms in total. The van der Waals surface area contributed by atoms with Crippen LogP contribution in [-0.4, -0.2) is 16.1 Å². The first-order valence-electron chi connectivity index (χ1n) is 6.08. The van der Waals surface area contributed by atoms with Crippen LogP contribution in [0.3, 0.4) is 0 Å². The molecular formula is C15H18N2O. The van der Waals surface area contributed by atoms with Gasteiger partial charge in [0.05, 0.1) is 12.2 Å². The smallest absolute Gasteiger partial charge is 0.168 e. The number of hydrogen-bond donors (Lipinski definition) is 0. The van der Waals surface area contributed by atoms with Gasteiger partial charge < -0.3 is 0 Å². The summed E-state index contributed by atoms with van der Waals surface area (Å²) in [7, 11) is 0. The molecule has 0 bridgehead atoms. The molecule has 0 amide bonds. The Morgan fingerprint density at radius 3 is 2.44 bits per heavy atom. The average Bonchev–Trinajstić information content (AvgIpc) is 2.73. The van der Waals surface area contributed by atoms with E-state index in [1.54, 1.807) is 4.68 Å². The monoisotopic (exact) mass is 242 g/mol. The van der Waals surface area contributed by atoms with Crippen molar-refractivity contribution in [3.05, 3.63) is 53.3 Å². The van der Waals surface area contributed by atoms with Gasteiger partial charge in [0, 0.05) is 5.41 Å². The van der Waals surface area contributed by atoms with Crippen molar-refractivity contribution < 1.29 is 4.79 Å². The summed E-state index contributed by atoms with van der Waals surface area (Å²) >= 11 is 0. The van der Waals surface area contributed by atoms with Crippen LogP contribution in [-0.2, 0) is 12.0 Å². The van der Waals surface area contributed by atoms with Crippen LogP contribution in [0, 0.1) is 0 Å². The number of nitrogens with zero attached hydrogens (tertiary/aromatic N) is 2. The van der Waals surface area contributed by atoms with Crippen LogP contribution in [0.5, 0.6) is 0 Å². The SMILES string of the molecule is CC(C)(C)c1cc(C=O)n(Cc2ccccc2)n1. The molecule has 0 radical (unpaired) electrons. The van der Waals surface area contributed by atoms with E-state index < -0.39 is 0 Å². The molecule has 0 saturated carbocycles. The zero-order valence-electron chi connectivity index (χ0n) is 11.1. The number of benzene rings is 1. The van der Waals surface area contributed by atoms with Gasteiger partial charge in [0.2, 0.25) is 0 Å². The highest BCUT2D eigenvalue weighted by molar-refractivity contribution is 5.72. The minimum atomic E-state index is -0.0420. The van der Waals surface area contributed by atoms with Crippen molar-refractivity contribution in [2.45, 2.75) is 32.7 Å². The Kier molecular flexibility index (Phi) is 3.32. The summed E-state index contributed by atoms with van der Waals surface area (Å²) < 4.78 is 1.77. The standard InChI is InChI=1S/C15H18N2O/c1-15(2,3)14-9-13(11-18)17(16-14)10-12-7-5-4-6-8-12/h4-9,11H,10H2,1-3H3. The second-order valence-electron chi connectivity index (χ2n) is 5.47. The predicted octanol–water partition coefficient (Wildman–Crippen LogP) is 3.04. The van der Waals surface area contributed by atoms with Crippen molar-refractivity contribution >= 4 is 6.29 Å². The molecule has 0 aliphatic rings. The molecule has 1 heterocycles. The molecule has 0 fully saturated rings. The molecule has 3 heteroatoms. The minimum Gasteiger partial charge on any atom is -0.296 e. The third kappa shape index (κ3) is 2.67. The van der Waals surface area contributed by atoms with Crippen molar-refractivity contribution in [2.24, 2.45) is 0 Å². The van der Waals surface area contributed by atoms with E-state index in [0.29, 0.717) is 12.2 Å². The van der Waals surface area contributed by atoms with E-state index >= 15 is 0 Å². The molecule has 0 spiro atoms. The van der Waals surface area contributed by atoms with Crippen LogP contribution in [0.2, 0.25) is 0 Å². The molecule has 0 atom stereocenters. The van der Waals surface area contributed by atoms with Crippen molar-refractivity contribution in [2.75, 3.05) is 0 Å². The summed E-state index contributed by atoms with van der Waals surface area (Å²) in [5, 5.41) is 4.53. The highest BCUT2D eigenvalue weighted by Gasteiger charge is 2.19. The summed E-state index contributed by atoms with van der Waals surface area (Å²) in [5.41, 5.74) is 2.67. The summed E-state index contributed by atoms with van der Waals surface area (Å²) in [5.74, 6) is 0. The van der Waals surface area contributed by atoms with Crippen molar-refractivity contribution in [1.82, 2.24) is 9.78 Å². The van der Waals surface area contributed by atoms with E-state index in [2.05, 4.69) is 25.9 Å². The zero-order chi connectivity index (χ0) is 13.2. The van der Waals surface area contributed by atoms with Gasteiger partial charge in [-0.05, 0) is 11.6 Å². The summed E-state index contributed by atoms with van der Waals surface area (Å²) in [4.78, 5) is 11.1. The van der Waals surface area contributed by atoms with Gasteiger partial charge in [-0.25, -0.2) is 0 Å². The van der Waals surface area contributed by atoms with Gasteiger partial charge in [-0.3, -0.25) is 9.48 Å². The van der Waals surface area contributed by atoms with E-state index in [9.17, 15) is 4.79 Å². The second kappa shape index (κ2) is 4.77. The molecule has 0 unspecified atom stereocenters. The van der Waals surface area contributed by atoms with Gasteiger partial charge >= 0.3 is 0 Å². The number of aromatic nitrogens is 2. The maximum Gasteiger partial charge on any atom is 0.168 e. The predicted molar refractivity (Wildman–Crippen MR) is 71.9 cm³/mol. The van der Waals surface area contributed by atoms with Crippen LogP contribution in [0.15, 0.2) is 36.4 Å². The molecule has 2 aromatic rings. The van der Waals surface area contributed by atoms with Crippen molar-refractivity contribution in [3.8, 4) is 0 Å². The Balaban J connectivity index is 2.33. The Morgan fingerprint density at radius 1 is 1.22 bits per heavy atom. The molecule has 2 rings (SSSR count). The molecule has 1 aromatic heterocycles. The Labute approximate surface area is 107 Å². The van der Waals surface area contributed by atoms with Crippen LogP contribution < -0.4 is 0 Å². The number of rotatable bonds is 3. The third-order valence-electron chi connectivity index (χ3n) is 2.88. The number of carbonyl (C=O) groups excluding carboxylic acids is 1. The lowest BCUT2D eigenvalue weighted by molar-refractivity contribution is 0.111. The molecule has 0 N–H and O–H groups in total. The van der Waals surface area contributed by atoms with E-state index in [1.165, 1.54) is 0 Å². The molecule has 18 heavy (non-hydrogen) atoms. The van der Waals surface area contributed by atoms with Crippen LogP contribution >= 0.6 is 0 Å². The Bertz CT molecular complexity index is 535.